The number of pyridine rings is 1. The van der Waals surface area contributed by atoms with Crippen LogP contribution in [0.2, 0.25) is 0 Å². The van der Waals surface area contributed by atoms with Crippen LogP contribution in [0.25, 0.3) is 10.9 Å². The van der Waals surface area contributed by atoms with Gasteiger partial charge in [0.2, 0.25) is 5.56 Å². The van der Waals surface area contributed by atoms with E-state index < -0.39 is 0 Å². The fourth-order valence-corrected chi connectivity index (χ4v) is 3.32. The number of aromatic nitrogens is 4. The smallest absolute Gasteiger partial charge is 0.252 e. The van der Waals surface area contributed by atoms with Gasteiger partial charge in [-0.3, -0.25) is 9.59 Å². The van der Waals surface area contributed by atoms with Gasteiger partial charge in [0.15, 0.2) is 5.82 Å². The van der Waals surface area contributed by atoms with Gasteiger partial charge in [-0.05, 0) is 18.9 Å². The Bertz CT molecular complexity index is 989. The molecule has 2 N–H and O–H groups in total. The predicted octanol–water partition coefficient (Wildman–Crippen LogP) is 1.78. The van der Waals surface area contributed by atoms with E-state index in [0.717, 1.165) is 42.8 Å². The van der Waals surface area contributed by atoms with Gasteiger partial charge in [-0.25, -0.2) is 0 Å². The molecule has 1 aliphatic heterocycles. The molecule has 1 amide bonds. The second kappa shape index (κ2) is 6.51. The molecule has 0 bridgehead atoms. The second-order valence-corrected chi connectivity index (χ2v) is 6.27. The van der Waals surface area contributed by atoms with Crippen molar-refractivity contribution in [3.05, 3.63) is 57.9 Å². The number of hydrogen-bond donors (Lipinski definition) is 2. The standard InChI is InChI=1S/C18H19N5O2/c24-17-10-13(12-6-3-4-7-14(12)20-17)18(25)19-11-16-22-21-15-8-2-1-5-9-23(15)16/h3-4,6-7,10H,1-2,5,8-9,11H2,(H,19,25)(H,20,24). The number of hydrogen-bond acceptors (Lipinski definition) is 4. The molecule has 128 valence electrons. The molecule has 0 saturated carbocycles. The van der Waals surface area contributed by atoms with Crippen LogP contribution in [-0.4, -0.2) is 25.7 Å². The van der Waals surface area contributed by atoms with Crippen LogP contribution in [0, 0.1) is 0 Å². The van der Waals surface area contributed by atoms with E-state index in [4.69, 9.17) is 0 Å². The number of rotatable bonds is 3. The van der Waals surface area contributed by atoms with E-state index in [1.165, 1.54) is 12.5 Å². The van der Waals surface area contributed by atoms with E-state index in [-0.39, 0.29) is 11.5 Å². The number of H-pyrrole nitrogens is 1. The van der Waals surface area contributed by atoms with Crippen molar-refractivity contribution < 1.29 is 4.79 Å². The molecule has 0 radical (unpaired) electrons. The number of amides is 1. The summed E-state index contributed by atoms with van der Waals surface area (Å²) in [5, 5.41) is 12.1. The average Bonchev–Trinajstić information content (AvgIpc) is 2.85. The Kier molecular flexibility index (Phi) is 4.05. The van der Waals surface area contributed by atoms with E-state index in [0.29, 0.717) is 17.6 Å². The molecule has 0 aliphatic carbocycles. The Morgan fingerprint density at radius 1 is 1.20 bits per heavy atom. The molecular formula is C18H19N5O2. The number of fused-ring (bicyclic) bond motifs is 2. The fraction of sp³-hybridized carbons (Fsp3) is 0.333. The molecule has 0 spiro atoms. The van der Waals surface area contributed by atoms with E-state index >= 15 is 0 Å². The Labute approximate surface area is 144 Å². The highest BCUT2D eigenvalue weighted by molar-refractivity contribution is 6.05. The van der Waals surface area contributed by atoms with Gasteiger partial charge in [-0.15, -0.1) is 10.2 Å². The van der Waals surface area contributed by atoms with Gasteiger partial charge >= 0.3 is 0 Å². The number of aryl methyl sites for hydroxylation is 1. The van der Waals surface area contributed by atoms with Crippen LogP contribution < -0.4 is 10.9 Å². The lowest BCUT2D eigenvalue weighted by molar-refractivity contribution is 0.0951. The highest BCUT2D eigenvalue weighted by Gasteiger charge is 2.16. The first-order chi connectivity index (χ1) is 12.2. The third-order valence-corrected chi connectivity index (χ3v) is 4.59. The molecule has 4 rings (SSSR count). The maximum Gasteiger partial charge on any atom is 0.252 e. The summed E-state index contributed by atoms with van der Waals surface area (Å²) in [5.41, 5.74) is 0.728. The van der Waals surface area contributed by atoms with Gasteiger partial charge in [-0.1, -0.05) is 24.6 Å². The molecule has 3 heterocycles. The van der Waals surface area contributed by atoms with Gasteiger partial charge in [-0.2, -0.15) is 0 Å². The maximum absolute atomic E-state index is 12.6. The lowest BCUT2D eigenvalue weighted by Gasteiger charge is -2.09. The fourth-order valence-electron chi connectivity index (χ4n) is 3.32. The number of carbonyl (C=O) groups excluding carboxylic acids is 1. The van der Waals surface area contributed by atoms with Gasteiger partial charge in [0, 0.05) is 29.9 Å². The number of carbonyl (C=O) groups is 1. The van der Waals surface area contributed by atoms with E-state index in [9.17, 15) is 9.59 Å². The van der Waals surface area contributed by atoms with E-state index in [2.05, 4.69) is 25.1 Å². The molecule has 0 atom stereocenters. The lowest BCUT2D eigenvalue weighted by atomic mass is 10.1. The van der Waals surface area contributed by atoms with Crippen LogP contribution in [0.1, 0.15) is 41.3 Å². The van der Waals surface area contributed by atoms with Crippen molar-refractivity contribution in [2.24, 2.45) is 0 Å². The predicted molar refractivity (Wildman–Crippen MR) is 93.3 cm³/mol. The first kappa shape index (κ1) is 15.6. The monoisotopic (exact) mass is 337 g/mol. The van der Waals surface area contributed by atoms with Gasteiger partial charge in [0.25, 0.3) is 5.91 Å². The highest BCUT2D eigenvalue weighted by atomic mass is 16.2. The summed E-state index contributed by atoms with van der Waals surface area (Å²) in [5.74, 6) is 1.47. The summed E-state index contributed by atoms with van der Waals surface area (Å²) in [4.78, 5) is 27.2. The van der Waals surface area contributed by atoms with E-state index in [1.54, 1.807) is 6.07 Å². The number of benzene rings is 1. The van der Waals surface area contributed by atoms with Crippen molar-refractivity contribution >= 4 is 16.8 Å². The van der Waals surface area contributed by atoms with Crippen LogP contribution in [0.5, 0.6) is 0 Å². The SMILES string of the molecule is O=C(NCc1nnc2n1CCCCC2)c1cc(=O)[nH]c2ccccc12. The van der Waals surface area contributed by atoms with Crippen LogP contribution >= 0.6 is 0 Å². The van der Waals surface area contributed by atoms with Crippen molar-refractivity contribution in [3.8, 4) is 0 Å². The Balaban J connectivity index is 1.58. The lowest BCUT2D eigenvalue weighted by Crippen LogP contribution is -2.26. The third kappa shape index (κ3) is 3.05. The van der Waals surface area contributed by atoms with Crippen molar-refractivity contribution in [1.29, 1.82) is 0 Å². The van der Waals surface area contributed by atoms with Crippen molar-refractivity contribution in [3.63, 3.8) is 0 Å². The largest absolute Gasteiger partial charge is 0.345 e. The summed E-state index contributed by atoms with van der Waals surface area (Å²) >= 11 is 0. The molecule has 0 fully saturated rings. The van der Waals surface area contributed by atoms with Crippen LogP contribution in [0.4, 0.5) is 0 Å². The molecular weight excluding hydrogens is 318 g/mol. The molecule has 2 aromatic heterocycles. The number of nitrogens with zero attached hydrogens (tertiary/aromatic N) is 3. The van der Waals surface area contributed by atoms with Gasteiger partial charge < -0.3 is 14.9 Å². The molecule has 25 heavy (non-hydrogen) atoms. The quantitative estimate of drug-likeness (QED) is 0.762. The van der Waals surface area contributed by atoms with Crippen LogP contribution in [-0.2, 0) is 19.5 Å². The summed E-state index contributed by atoms with van der Waals surface area (Å²) in [6.07, 6.45) is 4.35. The van der Waals surface area contributed by atoms with Crippen LogP contribution in [0.3, 0.4) is 0 Å². The first-order valence-electron chi connectivity index (χ1n) is 8.53. The summed E-state index contributed by atoms with van der Waals surface area (Å²) < 4.78 is 2.10. The molecule has 7 nitrogen and oxygen atoms in total. The second-order valence-electron chi connectivity index (χ2n) is 6.27. The zero-order chi connectivity index (χ0) is 17.2. The number of aromatic amines is 1. The van der Waals surface area contributed by atoms with Crippen LogP contribution in [0.15, 0.2) is 35.1 Å². The Morgan fingerprint density at radius 2 is 2.08 bits per heavy atom. The van der Waals surface area contributed by atoms with Gasteiger partial charge in [0.05, 0.1) is 12.1 Å². The minimum atomic E-state index is -0.291. The minimum absolute atomic E-state index is 0.284. The minimum Gasteiger partial charge on any atom is -0.345 e. The zero-order valence-electron chi connectivity index (χ0n) is 13.8. The molecule has 0 unspecified atom stereocenters. The van der Waals surface area contributed by atoms with Crippen molar-refractivity contribution in [2.75, 3.05) is 0 Å². The zero-order valence-corrected chi connectivity index (χ0v) is 13.8. The topological polar surface area (TPSA) is 92.7 Å². The maximum atomic E-state index is 12.6. The summed E-state index contributed by atoms with van der Waals surface area (Å²) in [6, 6.07) is 8.61. The highest BCUT2D eigenvalue weighted by Crippen LogP contribution is 2.16. The molecule has 1 aromatic carbocycles. The molecule has 7 heteroatoms. The normalized spacial score (nSPS) is 14.1. The molecule has 0 saturated heterocycles. The Morgan fingerprint density at radius 3 is 3.00 bits per heavy atom. The summed E-state index contributed by atoms with van der Waals surface area (Å²) in [7, 11) is 0. The third-order valence-electron chi connectivity index (χ3n) is 4.59. The van der Waals surface area contributed by atoms with E-state index in [1.807, 2.05) is 18.2 Å². The number of nitrogens with one attached hydrogen (secondary N) is 2. The molecule has 3 aromatic rings. The van der Waals surface area contributed by atoms with Gasteiger partial charge in [0.1, 0.15) is 5.82 Å². The summed E-state index contributed by atoms with van der Waals surface area (Å²) in [6.45, 7) is 1.19. The molecule has 1 aliphatic rings. The first-order valence-corrected chi connectivity index (χ1v) is 8.53. The number of para-hydroxylation sites is 1. The van der Waals surface area contributed by atoms with Crippen molar-refractivity contribution in [2.45, 2.75) is 38.8 Å². The average molecular weight is 337 g/mol. The Hall–Kier alpha value is -2.96. The van der Waals surface area contributed by atoms with Crippen molar-refractivity contribution in [1.82, 2.24) is 25.1 Å².